The fourth-order valence-corrected chi connectivity index (χ4v) is 0.718. The molecule has 0 radical (unpaired) electrons. The van der Waals surface area contributed by atoms with Gasteiger partial charge in [-0.15, -0.1) is 11.6 Å². The van der Waals surface area contributed by atoms with Crippen LogP contribution in [0.1, 0.15) is 6.92 Å². The lowest BCUT2D eigenvalue weighted by Crippen LogP contribution is -2.10. The van der Waals surface area contributed by atoms with Gasteiger partial charge in [0.25, 0.3) is 0 Å². The van der Waals surface area contributed by atoms with Crippen molar-refractivity contribution in [1.29, 1.82) is 0 Å². The second-order valence-electron chi connectivity index (χ2n) is 1.43. The number of thiocarbonyl (C=S) groups is 1. The molecule has 0 bridgehead atoms. The minimum atomic E-state index is -0.178. The summed E-state index contributed by atoms with van der Waals surface area (Å²) in [5.41, 5.74) is 0.578. The molecule has 0 N–H and O–H groups in total. The Morgan fingerprint density at radius 1 is 1.89 bits per heavy atom. The molecule has 0 saturated heterocycles. The zero-order valence-electron chi connectivity index (χ0n) is 5.30. The predicted molar refractivity (Wildman–Crippen MR) is 43.4 cm³/mol. The number of nitrogens with zero attached hydrogens (tertiary/aromatic N) is 1. The Kier molecular flexibility index (Phi) is 4.62. The fourth-order valence-electron chi connectivity index (χ4n) is 0.293. The maximum atomic E-state index is 5.61. The smallest absolute Gasteiger partial charge is 0.108 e. The standard InChI is InChI=1S/C5H8ClNOS/c1-4(6)5(3-9)7-8-2/h3-4H,1-2H3. The van der Waals surface area contributed by atoms with Crippen LogP contribution in [0.5, 0.6) is 0 Å². The van der Waals surface area contributed by atoms with Gasteiger partial charge in [0, 0.05) is 5.37 Å². The highest BCUT2D eigenvalue weighted by Crippen LogP contribution is 1.95. The molecule has 4 heteroatoms. The van der Waals surface area contributed by atoms with Crippen LogP contribution in [0.25, 0.3) is 0 Å². The van der Waals surface area contributed by atoms with Crippen molar-refractivity contribution in [2.24, 2.45) is 5.16 Å². The van der Waals surface area contributed by atoms with Gasteiger partial charge >= 0.3 is 0 Å². The normalized spacial score (nSPS) is 14.8. The van der Waals surface area contributed by atoms with Gasteiger partial charge in [-0.3, -0.25) is 0 Å². The third-order valence-corrected chi connectivity index (χ3v) is 1.19. The molecule has 0 fully saturated rings. The van der Waals surface area contributed by atoms with E-state index in [1.807, 2.05) is 0 Å². The van der Waals surface area contributed by atoms with Crippen LogP contribution in [0.15, 0.2) is 5.16 Å². The van der Waals surface area contributed by atoms with Gasteiger partial charge in [-0.05, 0) is 6.92 Å². The lowest BCUT2D eigenvalue weighted by molar-refractivity contribution is 0.214. The molecule has 0 aromatic rings. The minimum Gasteiger partial charge on any atom is -0.399 e. The van der Waals surface area contributed by atoms with Crippen molar-refractivity contribution in [3.05, 3.63) is 0 Å². The van der Waals surface area contributed by atoms with Crippen LogP contribution < -0.4 is 0 Å². The number of halogens is 1. The SMILES string of the molecule is CON=C(C=S)C(C)Cl. The van der Waals surface area contributed by atoms with Crippen molar-refractivity contribution in [2.75, 3.05) is 7.11 Å². The summed E-state index contributed by atoms with van der Waals surface area (Å²) in [6, 6.07) is 0. The number of rotatable bonds is 3. The predicted octanol–water partition coefficient (Wildman–Crippen LogP) is 1.62. The monoisotopic (exact) mass is 165 g/mol. The largest absolute Gasteiger partial charge is 0.399 e. The minimum absolute atomic E-state index is 0.178. The van der Waals surface area contributed by atoms with Crippen molar-refractivity contribution in [1.82, 2.24) is 0 Å². The van der Waals surface area contributed by atoms with E-state index in [2.05, 4.69) is 22.2 Å². The lowest BCUT2D eigenvalue weighted by Gasteiger charge is -1.98. The van der Waals surface area contributed by atoms with Gasteiger partial charge < -0.3 is 4.84 Å². The molecule has 0 aromatic heterocycles. The average molecular weight is 166 g/mol. The Morgan fingerprint density at radius 2 is 2.44 bits per heavy atom. The first-order valence-corrected chi connectivity index (χ1v) is 3.33. The van der Waals surface area contributed by atoms with Crippen molar-refractivity contribution >= 4 is 34.9 Å². The molecule has 9 heavy (non-hydrogen) atoms. The zero-order valence-corrected chi connectivity index (χ0v) is 6.87. The first-order valence-electron chi connectivity index (χ1n) is 2.42. The van der Waals surface area contributed by atoms with Crippen molar-refractivity contribution in [2.45, 2.75) is 12.3 Å². The Hall–Kier alpha value is -0.150. The van der Waals surface area contributed by atoms with Crippen LogP contribution in [0.4, 0.5) is 0 Å². The summed E-state index contributed by atoms with van der Waals surface area (Å²) >= 11 is 10.2. The maximum Gasteiger partial charge on any atom is 0.108 e. The van der Waals surface area contributed by atoms with E-state index in [1.165, 1.54) is 12.5 Å². The molecule has 0 saturated carbocycles. The Bertz CT molecular complexity index is 124. The van der Waals surface area contributed by atoms with Crippen LogP contribution in [-0.4, -0.2) is 23.6 Å². The van der Waals surface area contributed by atoms with Crippen molar-refractivity contribution in [3.8, 4) is 0 Å². The fraction of sp³-hybridized carbons (Fsp3) is 0.600. The molecule has 0 aromatic carbocycles. The summed E-state index contributed by atoms with van der Waals surface area (Å²) in [6.07, 6.45) is 0. The van der Waals surface area contributed by atoms with E-state index in [1.54, 1.807) is 6.92 Å². The summed E-state index contributed by atoms with van der Waals surface area (Å²) in [6.45, 7) is 1.78. The Labute approximate surface area is 64.8 Å². The van der Waals surface area contributed by atoms with Gasteiger partial charge in [0.2, 0.25) is 0 Å². The highest BCUT2D eigenvalue weighted by molar-refractivity contribution is 7.80. The third-order valence-electron chi connectivity index (χ3n) is 0.725. The third kappa shape index (κ3) is 3.43. The first-order chi connectivity index (χ1) is 4.22. The molecule has 0 heterocycles. The quantitative estimate of drug-likeness (QED) is 0.274. The molecule has 0 aliphatic heterocycles. The van der Waals surface area contributed by atoms with E-state index in [4.69, 9.17) is 11.6 Å². The van der Waals surface area contributed by atoms with Crippen LogP contribution in [0.2, 0.25) is 0 Å². The lowest BCUT2D eigenvalue weighted by atomic mass is 10.3. The summed E-state index contributed by atoms with van der Waals surface area (Å²) in [7, 11) is 1.46. The van der Waals surface area contributed by atoms with E-state index < -0.39 is 0 Å². The van der Waals surface area contributed by atoms with Crippen LogP contribution in [0.3, 0.4) is 0 Å². The average Bonchev–Trinajstić information content (AvgIpc) is 1.82. The molecular formula is C5H8ClNOS. The van der Waals surface area contributed by atoms with Gasteiger partial charge in [-0.1, -0.05) is 17.4 Å². The molecule has 0 aliphatic carbocycles. The molecule has 0 rings (SSSR count). The molecule has 1 unspecified atom stereocenters. The molecular weight excluding hydrogens is 158 g/mol. The summed E-state index contributed by atoms with van der Waals surface area (Å²) < 4.78 is 0. The molecule has 0 spiro atoms. The van der Waals surface area contributed by atoms with Gasteiger partial charge in [-0.25, -0.2) is 0 Å². The first kappa shape index (κ1) is 8.85. The van der Waals surface area contributed by atoms with E-state index in [0.717, 1.165) is 0 Å². The summed E-state index contributed by atoms with van der Waals surface area (Å²) in [5.74, 6) is 0. The molecule has 2 nitrogen and oxygen atoms in total. The highest BCUT2D eigenvalue weighted by atomic mass is 35.5. The van der Waals surface area contributed by atoms with Gasteiger partial charge in [0.05, 0.1) is 5.38 Å². The topological polar surface area (TPSA) is 21.6 Å². The number of alkyl halides is 1. The maximum absolute atomic E-state index is 5.61. The Balaban J connectivity index is 3.97. The number of oxime groups is 1. The second kappa shape index (κ2) is 4.70. The summed E-state index contributed by atoms with van der Waals surface area (Å²) in [4.78, 5) is 4.46. The van der Waals surface area contributed by atoms with Crippen LogP contribution >= 0.6 is 23.8 Å². The van der Waals surface area contributed by atoms with E-state index in [-0.39, 0.29) is 5.38 Å². The summed E-state index contributed by atoms with van der Waals surface area (Å²) in [5, 5.41) is 4.79. The molecule has 52 valence electrons. The van der Waals surface area contributed by atoms with Crippen molar-refractivity contribution < 1.29 is 4.84 Å². The van der Waals surface area contributed by atoms with Gasteiger partial charge in [0.1, 0.15) is 12.8 Å². The number of hydrogen-bond donors (Lipinski definition) is 0. The Morgan fingerprint density at radius 3 is 2.56 bits per heavy atom. The second-order valence-corrected chi connectivity index (χ2v) is 2.32. The molecule has 1 atom stereocenters. The van der Waals surface area contributed by atoms with E-state index >= 15 is 0 Å². The van der Waals surface area contributed by atoms with Crippen molar-refractivity contribution in [3.63, 3.8) is 0 Å². The number of hydrogen-bond acceptors (Lipinski definition) is 3. The van der Waals surface area contributed by atoms with E-state index in [0.29, 0.717) is 5.71 Å². The van der Waals surface area contributed by atoms with Gasteiger partial charge in [0.15, 0.2) is 0 Å². The molecule has 0 amide bonds. The highest BCUT2D eigenvalue weighted by Gasteiger charge is 2.02. The van der Waals surface area contributed by atoms with Crippen LogP contribution in [0, 0.1) is 0 Å². The molecule has 0 aliphatic rings. The van der Waals surface area contributed by atoms with Crippen LogP contribution in [-0.2, 0) is 4.84 Å². The zero-order chi connectivity index (χ0) is 7.28. The van der Waals surface area contributed by atoms with E-state index in [9.17, 15) is 0 Å². The van der Waals surface area contributed by atoms with Gasteiger partial charge in [-0.2, -0.15) is 0 Å².